The molecule has 4 amide bonds. The molecule has 3 aromatic rings. The molecule has 12 heteroatoms. The third-order valence-corrected chi connectivity index (χ3v) is 8.08. The summed E-state index contributed by atoms with van der Waals surface area (Å²) in [5, 5.41) is 21.0. The van der Waals surface area contributed by atoms with Crippen LogP contribution >= 0.6 is 23.2 Å². The zero-order valence-electron chi connectivity index (χ0n) is 24.1. The number of urea groups is 1. The number of amides is 4. The van der Waals surface area contributed by atoms with Crippen LogP contribution in [0.4, 0.5) is 16.2 Å². The Hall–Kier alpha value is -4.28. The number of benzene rings is 3. The van der Waals surface area contributed by atoms with Gasteiger partial charge in [-0.05, 0) is 60.7 Å². The topological polar surface area (TPSA) is 146 Å². The molecule has 10 nitrogen and oxygen atoms in total. The fourth-order valence-corrected chi connectivity index (χ4v) is 5.69. The van der Waals surface area contributed by atoms with Crippen LogP contribution in [0, 0.1) is 5.92 Å². The molecule has 232 valence electrons. The van der Waals surface area contributed by atoms with Gasteiger partial charge in [0.05, 0.1) is 34.0 Å². The van der Waals surface area contributed by atoms with Crippen LogP contribution in [-0.2, 0) is 11.2 Å². The summed E-state index contributed by atoms with van der Waals surface area (Å²) in [6.07, 6.45) is 5.60. The summed E-state index contributed by atoms with van der Waals surface area (Å²) in [4.78, 5) is 50.8. The third kappa shape index (κ3) is 8.64. The molecule has 0 aromatic heterocycles. The largest absolute Gasteiger partial charge is 0.495 e. The Morgan fingerprint density at radius 3 is 2.18 bits per heavy atom. The number of carbonyl (C=O) groups excluding carboxylic acids is 3. The van der Waals surface area contributed by atoms with Crippen LogP contribution < -0.4 is 26.0 Å². The van der Waals surface area contributed by atoms with Crippen LogP contribution in [0.3, 0.4) is 0 Å². The molecule has 1 atom stereocenters. The van der Waals surface area contributed by atoms with Crippen LogP contribution in [0.5, 0.6) is 5.75 Å². The first-order valence-corrected chi connectivity index (χ1v) is 15.0. The maximum atomic E-state index is 13.1. The first-order valence-electron chi connectivity index (χ1n) is 14.3. The fraction of sp³-hybridized carbons (Fsp3) is 0.312. The van der Waals surface area contributed by atoms with E-state index in [4.69, 9.17) is 27.9 Å². The Kier molecular flexibility index (Phi) is 11.5. The lowest BCUT2D eigenvalue weighted by atomic mass is 9.89. The second-order valence-corrected chi connectivity index (χ2v) is 11.4. The number of methoxy groups -OCH3 is 1. The number of nitrogens with one attached hydrogen (secondary N) is 4. The average molecular weight is 642 g/mol. The third-order valence-electron chi connectivity index (χ3n) is 7.45. The van der Waals surface area contributed by atoms with E-state index in [1.165, 1.54) is 13.5 Å². The number of ether oxygens (including phenoxy) is 1. The lowest BCUT2D eigenvalue weighted by Gasteiger charge is -2.22. The first-order chi connectivity index (χ1) is 21.2. The zero-order valence-corrected chi connectivity index (χ0v) is 25.6. The SMILES string of the molecule is COc1cccc(C(=O)NCC2CCCCC2)c1NC(=O)NC(Cc1ccc(NC(=O)c2c(Cl)cccc2Cl)cc1)C(=O)O. The van der Waals surface area contributed by atoms with Gasteiger partial charge < -0.3 is 31.1 Å². The van der Waals surface area contributed by atoms with Gasteiger partial charge in [-0.2, -0.15) is 0 Å². The van der Waals surface area contributed by atoms with Gasteiger partial charge in [-0.1, -0.05) is 66.7 Å². The average Bonchev–Trinajstić information content (AvgIpc) is 3.01. The van der Waals surface area contributed by atoms with Crippen molar-refractivity contribution >= 4 is 58.4 Å². The van der Waals surface area contributed by atoms with Crippen molar-refractivity contribution in [3.63, 3.8) is 0 Å². The van der Waals surface area contributed by atoms with Crippen LogP contribution in [0.15, 0.2) is 60.7 Å². The summed E-state index contributed by atoms with van der Waals surface area (Å²) in [5.74, 6) is -1.43. The summed E-state index contributed by atoms with van der Waals surface area (Å²) < 4.78 is 5.38. The molecular formula is C32H34Cl2N4O6. The summed E-state index contributed by atoms with van der Waals surface area (Å²) in [7, 11) is 1.41. The summed E-state index contributed by atoms with van der Waals surface area (Å²) in [5.41, 5.74) is 1.51. The van der Waals surface area contributed by atoms with Crippen LogP contribution in [0.25, 0.3) is 0 Å². The smallest absolute Gasteiger partial charge is 0.326 e. The number of carboxylic acids is 1. The lowest BCUT2D eigenvalue weighted by molar-refractivity contribution is -0.139. The fourth-order valence-electron chi connectivity index (χ4n) is 5.12. The van der Waals surface area contributed by atoms with Gasteiger partial charge in [0.25, 0.3) is 11.8 Å². The molecule has 3 aromatic carbocycles. The summed E-state index contributed by atoms with van der Waals surface area (Å²) >= 11 is 12.2. The van der Waals surface area contributed by atoms with Crippen molar-refractivity contribution in [1.29, 1.82) is 0 Å². The molecule has 0 bridgehead atoms. The van der Waals surface area contributed by atoms with Gasteiger partial charge in [0, 0.05) is 18.7 Å². The minimum Gasteiger partial charge on any atom is -0.495 e. The molecule has 44 heavy (non-hydrogen) atoms. The molecule has 0 radical (unpaired) electrons. The number of carbonyl (C=O) groups is 4. The Morgan fingerprint density at radius 2 is 1.55 bits per heavy atom. The minimum absolute atomic E-state index is 0.0476. The Bertz CT molecular complexity index is 1490. The van der Waals surface area contributed by atoms with Crippen molar-refractivity contribution in [1.82, 2.24) is 10.6 Å². The standard InChI is InChI=1S/C32H34Cl2N4O6/c1-44-26-12-5-9-22(29(39)35-18-20-7-3-2-4-8-20)28(26)38-32(43)37-25(31(41)42)17-19-13-15-21(16-14-19)36-30(40)27-23(33)10-6-11-24(27)34/h5-6,9-16,20,25H,2-4,7-8,17-18H2,1H3,(H,35,39)(H,36,40)(H,41,42)(H2,37,38,43). The van der Waals surface area contributed by atoms with Crippen molar-refractivity contribution in [2.75, 3.05) is 24.3 Å². The van der Waals surface area contributed by atoms with E-state index < -0.39 is 23.9 Å². The van der Waals surface area contributed by atoms with Crippen molar-refractivity contribution in [2.24, 2.45) is 5.92 Å². The van der Waals surface area contributed by atoms with E-state index in [2.05, 4.69) is 21.3 Å². The van der Waals surface area contributed by atoms with Gasteiger partial charge in [0.1, 0.15) is 11.8 Å². The van der Waals surface area contributed by atoms with Gasteiger partial charge in [-0.25, -0.2) is 9.59 Å². The van der Waals surface area contributed by atoms with Crippen molar-refractivity contribution < 1.29 is 29.0 Å². The van der Waals surface area contributed by atoms with Crippen molar-refractivity contribution in [2.45, 2.75) is 44.6 Å². The summed E-state index contributed by atoms with van der Waals surface area (Å²) in [6, 6.07) is 13.9. The number of aliphatic carboxylic acids is 1. The van der Waals surface area contributed by atoms with Crippen molar-refractivity contribution in [3.8, 4) is 5.75 Å². The number of carboxylic acid groups (broad SMARTS) is 1. The van der Waals surface area contributed by atoms with Gasteiger partial charge in [-0.15, -0.1) is 0 Å². The molecule has 0 heterocycles. The first kappa shape index (κ1) is 32.6. The van der Waals surface area contributed by atoms with Crippen LogP contribution in [0.1, 0.15) is 58.4 Å². The van der Waals surface area contributed by atoms with E-state index >= 15 is 0 Å². The second kappa shape index (κ2) is 15.4. The molecular weight excluding hydrogens is 607 g/mol. The molecule has 1 unspecified atom stereocenters. The molecule has 1 aliphatic rings. The van der Waals surface area contributed by atoms with Gasteiger partial charge >= 0.3 is 12.0 Å². The Balaban J connectivity index is 1.39. The molecule has 1 aliphatic carbocycles. The highest BCUT2D eigenvalue weighted by atomic mass is 35.5. The minimum atomic E-state index is -1.30. The zero-order chi connectivity index (χ0) is 31.6. The van der Waals surface area contributed by atoms with Crippen LogP contribution in [-0.4, -0.2) is 48.6 Å². The van der Waals surface area contributed by atoms with E-state index in [0.717, 1.165) is 25.7 Å². The van der Waals surface area contributed by atoms with E-state index in [-0.39, 0.29) is 44.9 Å². The second-order valence-electron chi connectivity index (χ2n) is 10.5. The quantitative estimate of drug-likeness (QED) is 0.164. The van der Waals surface area contributed by atoms with Crippen molar-refractivity contribution in [3.05, 3.63) is 87.4 Å². The van der Waals surface area contributed by atoms with E-state index in [1.54, 1.807) is 60.7 Å². The van der Waals surface area contributed by atoms with Gasteiger partial charge in [-0.3, -0.25) is 9.59 Å². The predicted octanol–water partition coefficient (Wildman–Crippen LogP) is 6.38. The number of halogens is 2. The van der Waals surface area contributed by atoms with Crippen LogP contribution in [0.2, 0.25) is 10.0 Å². The molecule has 0 saturated heterocycles. The highest BCUT2D eigenvalue weighted by Crippen LogP contribution is 2.29. The maximum Gasteiger partial charge on any atom is 0.326 e. The van der Waals surface area contributed by atoms with E-state index in [9.17, 15) is 24.3 Å². The van der Waals surface area contributed by atoms with E-state index in [1.807, 2.05) is 0 Å². The number of para-hydroxylation sites is 1. The highest BCUT2D eigenvalue weighted by molar-refractivity contribution is 6.40. The normalized spacial score (nSPS) is 13.8. The van der Waals surface area contributed by atoms with Gasteiger partial charge in [0.15, 0.2) is 0 Å². The number of hydrogen-bond acceptors (Lipinski definition) is 5. The number of rotatable bonds is 11. The molecule has 5 N–H and O–H groups in total. The monoisotopic (exact) mass is 640 g/mol. The number of hydrogen-bond donors (Lipinski definition) is 5. The number of anilines is 2. The maximum absolute atomic E-state index is 13.1. The lowest BCUT2D eigenvalue weighted by Crippen LogP contribution is -2.44. The summed E-state index contributed by atoms with van der Waals surface area (Å²) in [6.45, 7) is 0.541. The van der Waals surface area contributed by atoms with E-state index in [0.29, 0.717) is 23.7 Å². The molecule has 0 spiro atoms. The molecule has 1 saturated carbocycles. The molecule has 1 fully saturated rings. The Labute approximate surface area is 265 Å². The molecule has 0 aliphatic heterocycles. The Morgan fingerprint density at radius 1 is 0.886 bits per heavy atom. The predicted molar refractivity (Wildman–Crippen MR) is 170 cm³/mol. The van der Waals surface area contributed by atoms with Gasteiger partial charge in [0.2, 0.25) is 0 Å². The highest BCUT2D eigenvalue weighted by Gasteiger charge is 2.24. The molecule has 4 rings (SSSR count).